The molecule has 0 fully saturated rings. The molecule has 0 amide bonds. The summed E-state index contributed by atoms with van der Waals surface area (Å²) in [4.78, 5) is 5.78. The molecular weight excluding hydrogens is 346 g/mol. The molecule has 1 heterocycles. The van der Waals surface area contributed by atoms with Crippen molar-refractivity contribution in [1.29, 1.82) is 0 Å². The number of imidazole rings is 1. The Bertz CT molecular complexity index is 556. The van der Waals surface area contributed by atoms with Crippen molar-refractivity contribution in [3.8, 4) is 0 Å². The number of likely N-dealkylation sites (N-methyl/N-ethyl adjacent to an activating group) is 1. The van der Waals surface area contributed by atoms with E-state index in [1.165, 1.54) is 10.7 Å². The van der Waals surface area contributed by atoms with Crippen LogP contribution in [-0.2, 0) is 13.0 Å². The first kappa shape index (κ1) is 16.6. The summed E-state index contributed by atoms with van der Waals surface area (Å²) >= 11 is 5.41. The number of halogens is 1. The number of nitrogens with zero attached hydrogens (tertiary/aromatic N) is 2. The SMILES string of the molecule is CCNC(CSc1cccc(Br)c1)Cc1nccn1CC. The van der Waals surface area contributed by atoms with Crippen molar-refractivity contribution >= 4 is 27.7 Å². The summed E-state index contributed by atoms with van der Waals surface area (Å²) < 4.78 is 3.35. The van der Waals surface area contributed by atoms with E-state index in [-0.39, 0.29) is 0 Å². The number of aryl methyl sites for hydroxylation is 1. The number of thioether (sulfide) groups is 1. The molecule has 1 atom stereocenters. The van der Waals surface area contributed by atoms with Crippen LogP contribution in [-0.4, -0.2) is 27.9 Å². The molecule has 2 aromatic rings. The Balaban J connectivity index is 1.95. The van der Waals surface area contributed by atoms with Crippen molar-refractivity contribution in [2.45, 2.75) is 37.8 Å². The number of hydrogen-bond donors (Lipinski definition) is 1. The van der Waals surface area contributed by atoms with Crippen molar-refractivity contribution in [2.75, 3.05) is 12.3 Å². The van der Waals surface area contributed by atoms with Crippen molar-refractivity contribution in [1.82, 2.24) is 14.9 Å². The molecule has 1 aromatic heterocycles. The van der Waals surface area contributed by atoms with E-state index < -0.39 is 0 Å². The zero-order valence-corrected chi connectivity index (χ0v) is 15.0. The van der Waals surface area contributed by atoms with E-state index in [0.717, 1.165) is 29.7 Å². The average Bonchev–Trinajstić information content (AvgIpc) is 2.92. The third-order valence-electron chi connectivity index (χ3n) is 3.31. The van der Waals surface area contributed by atoms with Gasteiger partial charge in [-0.05, 0) is 31.7 Å². The third kappa shape index (κ3) is 5.16. The van der Waals surface area contributed by atoms with Gasteiger partial charge in [-0.2, -0.15) is 0 Å². The maximum absolute atomic E-state index is 4.48. The molecule has 0 radical (unpaired) electrons. The Morgan fingerprint density at radius 2 is 2.24 bits per heavy atom. The van der Waals surface area contributed by atoms with Gasteiger partial charge in [0.1, 0.15) is 5.82 Å². The van der Waals surface area contributed by atoms with Crippen LogP contribution in [0.3, 0.4) is 0 Å². The quantitative estimate of drug-likeness (QED) is 0.715. The Morgan fingerprint density at radius 1 is 1.38 bits per heavy atom. The van der Waals surface area contributed by atoms with Crippen molar-refractivity contribution in [3.63, 3.8) is 0 Å². The van der Waals surface area contributed by atoms with E-state index in [4.69, 9.17) is 0 Å². The first-order valence-corrected chi connectivity index (χ1v) is 9.12. The number of benzene rings is 1. The predicted molar refractivity (Wildman–Crippen MR) is 93.9 cm³/mol. The van der Waals surface area contributed by atoms with Gasteiger partial charge in [-0.1, -0.05) is 28.9 Å². The summed E-state index contributed by atoms with van der Waals surface area (Å²) in [5.41, 5.74) is 0. The van der Waals surface area contributed by atoms with E-state index >= 15 is 0 Å². The summed E-state index contributed by atoms with van der Waals surface area (Å²) in [5, 5.41) is 3.57. The molecule has 0 bridgehead atoms. The first-order chi connectivity index (χ1) is 10.2. The van der Waals surface area contributed by atoms with Gasteiger partial charge in [0.05, 0.1) is 0 Å². The van der Waals surface area contributed by atoms with E-state index in [0.29, 0.717) is 6.04 Å². The topological polar surface area (TPSA) is 29.9 Å². The van der Waals surface area contributed by atoms with Crippen LogP contribution in [0.5, 0.6) is 0 Å². The lowest BCUT2D eigenvalue weighted by atomic mass is 10.2. The Kier molecular flexibility index (Phi) is 6.80. The van der Waals surface area contributed by atoms with Gasteiger partial charge in [-0.3, -0.25) is 0 Å². The van der Waals surface area contributed by atoms with Crippen molar-refractivity contribution in [3.05, 3.63) is 47.0 Å². The summed E-state index contributed by atoms with van der Waals surface area (Å²) in [6, 6.07) is 8.90. The van der Waals surface area contributed by atoms with E-state index in [1.807, 2.05) is 18.0 Å². The molecule has 0 saturated heterocycles. The Morgan fingerprint density at radius 3 is 2.95 bits per heavy atom. The Hall–Kier alpha value is -0.780. The number of aromatic nitrogens is 2. The van der Waals surface area contributed by atoms with Gasteiger partial charge in [0.2, 0.25) is 0 Å². The zero-order valence-electron chi connectivity index (χ0n) is 12.6. The smallest absolute Gasteiger partial charge is 0.110 e. The molecule has 0 spiro atoms. The van der Waals surface area contributed by atoms with Gasteiger partial charge < -0.3 is 9.88 Å². The highest BCUT2D eigenvalue weighted by Crippen LogP contribution is 2.23. The molecule has 0 aliphatic heterocycles. The van der Waals surface area contributed by atoms with Crippen molar-refractivity contribution in [2.24, 2.45) is 0 Å². The molecule has 3 nitrogen and oxygen atoms in total. The van der Waals surface area contributed by atoms with Crippen molar-refractivity contribution < 1.29 is 0 Å². The summed E-state index contributed by atoms with van der Waals surface area (Å²) in [5.74, 6) is 2.21. The standard InChI is InChI=1S/C16H22BrN3S/c1-3-18-14(11-16-19-8-9-20(16)4-2)12-21-15-7-5-6-13(17)10-15/h5-10,14,18H,3-4,11-12H2,1-2H3. The minimum absolute atomic E-state index is 0.437. The minimum Gasteiger partial charge on any atom is -0.335 e. The van der Waals surface area contributed by atoms with Crippen LogP contribution in [0.15, 0.2) is 46.0 Å². The van der Waals surface area contributed by atoms with Gasteiger partial charge in [-0.15, -0.1) is 11.8 Å². The van der Waals surface area contributed by atoms with Gasteiger partial charge in [-0.25, -0.2) is 4.98 Å². The molecule has 2 rings (SSSR count). The lowest BCUT2D eigenvalue weighted by Gasteiger charge is -2.18. The van der Waals surface area contributed by atoms with Crippen LogP contribution >= 0.6 is 27.7 Å². The highest BCUT2D eigenvalue weighted by atomic mass is 79.9. The molecule has 0 aliphatic carbocycles. The summed E-state index contributed by atoms with van der Waals surface area (Å²) in [6.07, 6.45) is 4.92. The molecule has 5 heteroatoms. The fraction of sp³-hybridized carbons (Fsp3) is 0.438. The molecule has 1 unspecified atom stereocenters. The van der Waals surface area contributed by atoms with Crippen LogP contribution in [0.25, 0.3) is 0 Å². The fourth-order valence-electron chi connectivity index (χ4n) is 2.27. The maximum Gasteiger partial charge on any atom is 0.110 e. The highest BCUT2D eigenvalue weighted by Gasteiger charge is 2.12. The summed E-state index contributed by atoms with van der Waals surface area (Å²) in [7, 11) is 0. The number of nitrogens with one attached hydrogen (secondary N) is 1. The number of rotatable bonds is 8. The first-order valence-electron chi connectivity index (χ1n) is 7.34. The lowest BCUT2D eigenvalue weighted by molar-refractivity contribution is 0.542. The third-order valence-corrected chi connectivity index (χ3v) is 4.96. The van der Waals surface area contributed by atoms with E-state index in [1.54, 1.807) is 0 Å². The molecule has 114 valence electrons. The van der Waals surface area contributed by atoms with Crippen LogP contribution in [0.4, 0.5) is 0 Å². The van der Waals surface area contributed by atoms with Gasteiger partial charge in [0.25, 0.3) is 0 Å². The second-order valence-electron chi connectivity index (χ2n) is 4.86. The molecular formula is C16H22BrN3S. The molecule has 1 aromatic carbocycles. The highest BCUT2D eigenvalue weighted by molar-refractivity contribution is 9.10. The second kappa shape index (κ2) is 8.61. The van der Waals surface area contributed by atoms with E-state index in [9.17, 15) is 0 Å². The van der Waals surface area contributed by atoms with E-state index in [2.05, 4.69) is 75.1 Å². The fourth-order valence-corrected chi connectivity index (χ4v) is 3.84. The van der Waals surface area contributed by atoms with Crippen LogP contribution in [0.1, 0.15) is 19.7 Å². The maximum atomic E-state index is 4.48. The zero-order chi connectivity index (χ0) is 15.1. The second-order valence-corrected chi connectivity index (χ2v) is 6.87. The van der Waals surface area contributed by atoms with Gasteiger partial charge in [0, 0.05) is 46.5 Å². The lowest BCUT2D eigenvalue weighted by Crippen LogP contribution is -2.34. The average molecular weight is 368 g/mol. The predicted octanol–water partition coefficient (Wildman–Crippen LogP) is 3.98. The van der Waals surface area contributed by atoms with Crippen LogP contribution < -0.4 is 5.32 Å². The summed E-state index contributed by atoms with van der Waals surface area (Å²) in [6.45, 7) is 6.27. The Labute approximate surface area is 139 Å². The molecule has 21 heavy (non-hydrogen) atoms. The molecule has 0 aliphatic rings. The van der Waals surface area contributed by atoms with Crippen LogP contribution in [0, 0.1) is 0 Å². The van der Waals surface area contributed by atoms with Crippen LogP contribution in [0.2, 0.25) is 0 Å². The largest absolute Gasteiger partial charge is 0.335 e. The molecule has 1 N–H and O–H groups in total. The number of hydrogen-bond acceptors (Lipinski definition) is 3. The normalized spacial score (nSPS) is 12.5. The monoisotopic (exact) mass is 367 g/mol. The molecule has 0 saturated carbocycles. The van der Waals surface area contributed by atoms with Gasteiger partial charge >= 0.3 is 0 Å². The minimum atomic E-state index is 0.437. The van der Waals surface area contributed by atoms with Gasteiger partial charge in [0.15, 0.2) is 0 Å².